The Morgan fingerprint density at radius 3 is 2.77 bits per heavy atom. The molecule has 0 fully saturated rings. The third-order valence-electron chi connectivity index (χ3n) is 3.24. The zero-order chi connectivity index (χ0) is 15.5. The van der Waals surface area contributed by atoms with Crippen molar-refractivity contribution < 1.29 is 4.79 Å². The average Bonchev–Trinajstić information content (AvgIpc) is 3.12. The summed E-state index contributed by atoms with van der Waals surface area (Å²) < 4.78 is 1.58. The fourth-order valence-electron chi connectivity index (χ4n) is 2.19. The van der Waals surface area contributed by atoms with Gasteiger partial charge in [0.1, 0.15) is 10.7 Å². The van der Waals surface area contributed by atoms with Gasteiger partial charge in [0.2, 0.25) is 0 Å². The molecule has 0 saturated heterocycles. The molecule has 5 nitrogen and oxygen atoms in total. The molecule has 6 heteroatoms. The molecule has 0 atom stereocenters. The minimum Gasteiger partial charge on any atom is -0.345 e. The van der Waals surface area contributed by atoms with Crippen molar-refractivity contribution in [2.45, 2.75) is 13.5 Å². The van der Waals surface area contributed by atoms with Crippen LogP contribution in [0.25, 0.3) is 10.6 Å². The van der Waals surface area contributed by atoms with Gasteiger partial charge in [-0.1, -0.05) is 30.3 Å². The summed E-state index contributed by atoms with van der Waals surface area (Å²) in [7, 11) is 1.76. The third-order valence-corrected chi connectivity index (χ3v) is 4.18. The lowest BCUT2D eigenvalue weighted by Gasteiger charge is -2.03. The number of nitrogens with zero attached hydrogens (tertiary/aromatic N) is 3. The molecule has 3 rings (SSSR count). The van der Waals surface area contributed by atoms with Crippen LogP contribution in [0.5, 0.6) is 0 Å². The second-order valence-corrected chi connectivity index (χ2v) is 5.85. The van der Waals surface area contributed by atoms with Crippen LogP contribution < -0.4 is 5.32 Å². The molecule has 1 aromatic carbocycles. The lowest BCUT2D eigenvalue weighted by Crippen LogP contribution is -2.25. The molecule has 0 radical (unpaired) electrons. The van der Waals surface area contributed by atoms with Crippen molar-refractivity contribution in [3.63, 3.8) is 0 Å². The number of amides is 1. The first-order chi connectivity index (χ1) is 10.6. The number of aryl methyl sites for hydroxylation is 2. The number of carbonyl (C=O) groups is 1. The molecule has 0 saturated carbocycles. The van der Waals surface area contributed by atoms with Gasteiger partial charge in [0, 0.05) is 18.0 Å². The lowest BCUT2D eigenvalue weighted by molar-refractivity contribution is 0.0941. The fourth-order valence-corrected chi connectivity index (χ4v) is 3.01. The normalized spacial score (nSPS) is 10.6. The summed E-state index contributed by atoms with van der Waals surface area (Å²) in [5.41, 5.74) is 3.33. The van der Waals surface area contributed by atoms with Crippen molar-refractivity contribution in [1.82, 2.24) is 20.1 Å². The van der Waals surface area contributed by atoms with E-state index in [2.05, 4.69) is 15.4 Å². The largest absolute Gasteiger partial charge is 0.345 e. The standard InChI is InChI=1S/C16H16N4OS/c1-11-8-14(20(2)19-11)15(21)17-9-13-10-22-16(18-13)12-6-4-3-5-7-12/h3-8,10H,9H2,1-2H3,(H,17,21). The number of rotatable bonds is 4. The Hall–Kier alpha value is -2.47. The van der Waals surface area contributed by atoms with Crippen LogP contribution in [0.1, 0.15) is 21.9 Å². The quantitative estimate of drug-likeness (QED) is 0.806. The van der Waals surface area contributed by atoms with Crippen molar-refractivity contribution in [3.8, 4) is 10.6 Å². The zero-order valence-corrected chi connectivity index (χ0v) is 13.2. The summed E-state index contributed by atoms with van der Waals surface area (Å²) in [6.07, 6.45) is 0. The van der Waals surface area contributed by atoms with Crippen molar-refractivity contribution in [3.05, 3.63) is 58.9 Å². The first-order valence-electron chi connectivity index (χ1n) is 6.92. The average molecular weight is 312 g/mol. The predicted octanol–water partition coefficient (Wildman–Crippen LogP) is 2.78. The summed E-state index contributed by atoms with van der Waals surface area (Å²) in [5, 5.41) is 9.98. The molecule has 1 amide bonds. The summed E-state index contributed by atoms with van der Waals surface area (Å²) in [4.78, 5) is 16.7. The maximum Gasteiger partial charge on any atom is 0.269 e. The Labute approximate surface area is 132 Å². The number of nitrogens with one attached hydrogen (secondary N) is 1. The van der Waals surface area contributed by atoms with E-state index in [0.717, 1.165) is 22.0 Å². The molecule has 0 spiro atoms. The number of benzene rings is 1. The molecule has 0 aliphatic rings. The van der Waals surface area contributed by atoms with Gasteiger partial charge in [0.15, 0.2) is 0 Å². The first-order valence-corrected chi connectivity index (χ1v) is 7.80. The summed E-state index contributed by atoms with van der Waals surface area (Å²) in [5.74, 6) is -0.141. The van der Waals surface area contributed by atoms with Gasteiger partial charge in [-0.2, -0.15) is 5.10 Å². The second-order valence-electron chi connectivity index (χ2n) is 4.99. The van der Waals surface area contributed by atoms with Gasteiger partial charge in [-0.3, -0.25) is 9.48 Å². The van der Waals surface area contributed by atoms with E-state index in [1.54, 1.807) is 29.1 Å². The van der Waals surface area contributed by atoms with Crippen molar-refractivity contribution >= 4 is 17.2 Å². The highest BCUT2D eigenvalue weighted by Gasteiger charge is 2.12. The van der Waals surface area contributed by atoms with Gasteiger partial charge < -0.3 is 5.32 Å². The molecular weight excluding hydrogens is 296 g/mol. The van der Waals surface area contributed by atoms with Crippen LogP contribution in [0.3, 0.4) is 0 Å². The van der Waals surface area contributed by atoms with Crippen LogP contribution >= 0.6 is 11.3 Å². The van der Waals surface area contributed by atoms with Crippen LogP contribution in [-0.2, 0) is 13.6 Å². The second kappa shape index (κ2) is 6.11. The topological polar surface area (TPSA) is 59.8 Å². The van der Waals surface area contributed by atoms with Gasteiger partial charge in [0.05, 0.1) is 17.9 Å². The fraction of sp³-hybridized carbons (Fsp3) is 0.188. The van der Waals surface area contributed by atoms with E-state index >= 15 is 0 Å². The zero-order valence-electron chi connectivity index (χ0n) is 12.4. The van der Waals surface area contributed by atoms with Gasteiger partial charge >= 0.3 is 0 Å². The van der Waals surface area contributed by atoms with Crippen molar-refractivity contribution in [2.24, 2.45) is 7.05 Å². The molecular formula is C16H16N4OS. The Kier molecular flexibility index (Phi) is 4.02. The molecule has 0 bridgehead atoms. The van der Waals surface area contributed by atoms with Crippen LogP contribution in [0, 0.1) is 6.92 Å². The van der Waals surface area contributed by atoms with E-state index in [-0.39, 0.29) is 5.91 Å². The third kappa shape index (κ3) is 3.07. The summed E-state index contributed by atoms with van der Waals surface area (Å²) in [6, 6.07) is 11.8. The van der Waals surface area contributed by atoms with Gasteiger partial charge in [-0.25, -0.2) is 4.98 Å². The van der Waals surface area contributed by atoms with Crippen LogP contribution in [0.4, 0.5) is 0 Å². The molecule has 112 valence electrons. The first kappa shape index (κ1) is 14.5. The number of carbonyl (C=O) groups excluding carboxylic acids is 1. The molecule has 0 aliphatic heterocycles. The Balaban J connectivity index is 1.66. The molecule has 1 N–H and O–H groups in total. The van der Waals surface area contributed by atoms with E-state index in [1.807, 2.05) is 42.6 Å². The highest BCUT2D eigenvalue weighted by atomic mass is 32.1. The monoisotopic (exact) mass is 312 g/mol. The number of hydrogen-bond acceptors (Lipinski definition) is 4. The number of aromatic nitrogens is 3. The summed E-state index contributed by atoms with van der Waals surface area (Å²) >= 11 is 1.58. The van der Waals surface area contributed by atoms with E-state index < -0.39 is 0 Å². The van der Waals surface area contributed by atoms with Gasteiger partial charge in [-0.05, 0) is 13.0 Å². The van der Waals surface area contributed by atoms with E-state index in [9.17, 15) is 4.79 Å². The molecule has 22 heavy (non-hydrogen) atoms. The predicted molar refractivity (Wildman–Crippen MR) is 86.7 cm³/mol. The Bertz CT molecular complexity index is 792. The maximum absolute atomic E-state index is 12.1. The van der Waals surface area contributed by atoms with Crippen LogP contribution in [0.2, 0.25) is 0 Å². The molecule has 0 unspecified atom stereocenters. The number of thiazole rings is 1. The maximum atomic E-state index is 12.1. The van der Waals surface area contributed by atoms with Gasteiger partial charge in [0.25, 0.3) is 5.91 Å². The van der Waals surface area contributed by atoms with Crippen LogP contribution in [-0.4, -0.2) is 20.7 Å². The summed E-state index contributed by atoms with van der Waals surface area (Å²) in [6.45, 7) is 2.27. The number of hydrogen-bond donors (Lipinski definition) is 1. The van der Waals surface area contributed by atoms with Crippen molar-refractivity contribution in [1.29, 1.82) is 0 Å². The Morgan fingerprint density at radius 2 is 2.09 bits per heavy atom. The SMILES string of the molecule is Cc1cc(C(=O)NCc2csc(-c3ccccc3)n2)n(C)n1. The molecule has 3 aromatic rings. The molecule has 2 heterocycles. The lowest BCUT2D eigenvalue weighted by atomic mass is 10.2. The van der Waals surface area contributed by atoms with Crippen LogP contribution in [0.15, 0.2) is 41.8 Å². The minimum absolute atomic E-state index is 0.141. The smallest absolute Gasteiger partial charge is 0.269 e. The Morgan fingerprint density at radius 1 is 1.32 bits per heavy atom. The molecule has 2 aromatic heterocycles. The molecule has 0 aliphatic carbocycles. The highest BCUT2D eigenvalue weighted by Crippen LogP contribution is 2.23. The van der Waals surface area contributed by atoms with E-state index in [4.69, 9.17) is 0 Å². The van der Waals surface area contributed by atoms with E-state index in [0.29, 0.717) is 12.2 Å². The van der Waals surface area contributed by atoms with Gasteiger partial charge in [-0.15, -0.1) is 11.3 Å². The highest BCUT2D eigenvalue weighted by molar-refractivity contribution is 7.13. The minimum atomic E-state index is -0.141. The van der Waals surface area contributed by atoms with Crippen molar-refractivity contribution in [2.75, 3.05) is 0 Å². The van der Waals surface area contributed by atoms with E-state index in [1.165, 1.54) is 0 Å².